The Kier molecular flexibility index (Phi) is 4.51. The van der Waals surface area contributed by atoms with Crippen LogP contribution in [0.25, 0.3) is 0 Å². The van der Waals surface area contributed by atoms with Crippen LogP contribution in [0.1, 0.15) is 44.6 Å². The van der Waals surface area contributed by atoms with Gasteiger partial charge >= 0.3 is 5.97 Å². The number of benzene rings is 1. The highest BCUT2D eigenvalue weighted by Crippen LogP contribution is 2.45. The Morgan fingerprint density at radius 2 is 2.16 bits per heavy atom. The van der Waals surface area contributed by atoms with Gasteiger partial charge in [-0.1, -0.05) is 18.6 Å². The van der Waals surface area contributed by atoms with Crippen LogP contribution in [0.15, 0.2) is 24.3 Å². The molecule has 3 rings (SSSR count). The van der Waals surface area contributed by atoms with Gasteiger partial charge in [-0.15, -0.1) is 0 Å². The molecule has 0 unspecified atom stereocenters. The van der Waals surface area contributed by atoms with E-state index in [-0.39, 0.29) is 5.92 Å². The first-order chi connectivity index (χ1) is 11.9. The molecule has 2 saturated carbocycles. The van der Waals surface area contributed by atoms with E-state index in [2.05, 4.69) is 11.4 Å². The van der Waals surface area contributed by atoms with Gasteiger partial charge < -0.3 is 10.1 Å². The molecule has 0 spiro atoms. The maximum Gasteiger partial charge on any atom is 0.317 e. The Bertz CT molecular complexity index is 734. The Morgan fingerprint density at radius 3 is 2.68 bits per heavy atom. The quantitative estimate of drug-likeness (QED) is 0.805. The van der Waals surface area contributed by atoms with Crippen LogP contribution in [0.5, 0.6) is 0 Å². The van der Waals surface area contributed by atoms with Gasteiger partial charge in [0.05, 0.1) is 11.5 Å². The molecule has 2 fully saturated rings. The Morgan fingerprint density at radius 1 is 1.44 bits per heavy atom. The molecule has 1 atom stereocenters. The third kappa shape index (κ3) is 3.37. The monoisotopic (exact) mass is 344 g/mol. The van der Waals surface area contributed by atoms with Gasteiger partial charge in [-0.3, -0.25) is 9.59 Å². The molecule has 1 aromatic carbocycles. The maximum absolute atomic E-state index is 13.5. The van der Waals surface area contributed by atoms with Crippen LogP contribution in [0.4, 0.5) is 4.39 Å². The molecule has 1 N–H and O–H groups in total. The maximum atomic E-state index is 13.5. The van der Waals surface area contributed by atoms with E-state index >= 15 is 0 Å². The molecule has 1 amide bonds. The molecule has 25 heavy (non-hydrogen) atoms. The lowest BCUT2D eigenvalue weighted by molar-refractivity contribution is -0.158. The first kappa shape index (κ1) is 17.4. The van der Waals surface area contributed by atoms with E-state index < -0.39 is 35.3 Å². The van der Waals surface area contributed by atoms with Crippen molar-refractivity contribution in [3.05, 3.63) is 35.6 Å². The van der Waals surface area contributed by atoms with E-state index in [1.807, 2.05) is 0 Å². The average molecular weight is 344 g/mol. The summed E-state index contributed by atoms with van der Waals surface area (Å²) < 4.78 is 18.7. The highest BCUT2D eigenvalue weighted by atomic mass is 19.1. The molecule has 2 aliphatic rings. The van der Waals surface area contributed by atoms with Crippen LogP contribution < -0.4 is 5.32 Å². The Balaban J connectivity index is 1.61. The van der Waals surface area contributed by atoms with Crippen molar-refractivity contribution >= 4 is 11.9 Å². The molecule has 132 valence electrons. The molecule has 6 heteroatoms. The number of nitriles is 1. The van der Waals surface area contributed by atoms with Gasteiger partial charge in [0.2, 0.25) is 0 Å². The van der Waals surface area contributed by atoms with Crippen molar-refractivity contribution in [2.75, 3.05) is 6.61 Å². The molecule has 0 aliphatic heterocycles. The predicted octanol–water partition coefficient (Wildman–Crippen LogP) is 2.60. The molecule has 0 bridgehead atoms. The van der Waals surface area contributed by atoms with Crippen LogP contribution in [0.3, 0.4) is 0 Å². The number of carbonyl (C=O) groups is 2. The van der Waals surface area contributed by atoms with Crippen LogP contribution in [0, 0.1) is 23.1 Å². The molecule has 0 aromatic heterocycles. The van der Waals surface area contributed by atoms with Crippen LogP contribution in [-0.4, -0.2) is 24.0 Å². The Hall–Kier alpha value is -2.42. The van der Waals surface area contributed by atoms with E-state index in [1.165, 1.54) is 12.1 Å². The molecular weight excluding hydrogens is 323 g/mol. The summed E-state index contributed by atoms with van der Waals surface area (Å²) in [4.78, 5) is 24.6. The summed E-state index contributed by atoms with van der Waals surface area (Å²) in [5, 5.41) is 11.9. The summed E-state index contributed by atoms with van der Waals surface area (Å²) >= 11 is 0. The van der Waals surface area contributed by atoms with Crippen LogP contribution in [-0.2, 0) is 19.7 Å². The number of hydrogen-bond acceptors (Lipinski definition) is 4. The topological polar surface area (TPSA) is 79.2 Å². The fourth-order valence-electron chi connectivity index (χ4n) is 3.40. The molecule has 0 heterocycles. The van der Waals surface area contributed by atoms with E-state index in [4.69, 9.17) is 4.74 Å². The highest BCUT2D eigenvalue weighted by Gasteiger charge is 2.48. The van der Waals surface area contributed by atoms with Crippen LogP contribution >= 0.6 is 0 Å². The van der Waals surface area contributed by atoms with Crippen molar-refractivity contribution in [1.82, 2.24) is 5.32 Å². The number of carbonyl (C=O) groups excluding carboxylic acids is 2. The van der Waals surface area contributed by atoms with E-state index in [0.29, 0.717) is 18.4 Å². The zero-order chi connectivity index (χ0) is 18.1. The van der Waals surface area contributed by atoms with E-state index in [1.54, 1.807) is 19.1 Å². The van der Waals surface area contributed by atoms with Crippen molar-refractivity contribution in [1.29, 1.82) is 5.26 Å². The average Bonchev–Trinajstić information content (AvgIpc) is 3.37. The second kappa shape index (κ2) is 6.47. The van der Waals surface area contributed by atoms with Crippen molar-refractivity contribution < 1.29 is 18.7 Å². The lowest BCUT2D eigenvalue weighted by atomic mass is 9.64. The number of halogens is 1. The number of nitrogens with one attached hydrogen (secondary N) is 1. The summed E-state index contributed by atoms with van der Waals surface area (Å²) in [6, 6.07) is 8.09. The minimum Gasteiger partial charge on any atom is -0.455 e. The van der Waals surface area contributed by atoms with E-state index in [9.17, 15) is 19.2 Å². The number of hydrogen-bond donors (Lipinski definition) is 1. The summed E-state index contributed by atoms with van der Waals surface area (Å²) in [7, 11) is 0. The zero-order valence-corrected chi connectivity index (χ0v) is 14.2. The van der Waals surface area contributed by atoms with Gasteiger partial charge in [0.15, 0.2) is 6.61 Å². The number of ether oxygens (including phenoxy) is 1. The fourth-order valence-corrected chi connectivity index (χ4v) is 3.40. The van der Waals surface area contributed by atoms with Gasteiger partial charge in [-0.05, 0) is 56.2 Å². The number of amides is 1. The number of rotatable bonds is 6. The number of esters is 1. The van der Waals surface area contributed by atoms with Gasteiger partial charge in [-0.25, -0.2) is 4.39 Å². The second-order valence-electron chi connectivity index (χ2n) is 7.16. The standard InChI is InChI=1S/C19H21FN2O3/c1-18(12-21,13-6-7-13)22-16(23)11-25-17(24)19(8-3-9-19)14-4-2-5-15(20)10-14/h2,4-5,10,13H,3,6-9,11H2,1H3,(H,22,23)/t18-/m1/s1. The van der Waals surface area contributed by atoms with Crippen LogP contribution in [0.2, 0.25) is 0 Å². The molecule has 2 aliphatic carbocycles. The molecule has 0 radical (unpaired) electrons. The van der Waals surface area contributed by atoms with Crippen molar-refractivity contribution in [2.24, 2.45) is 5.92 Å². The van der Waals surface area contributed by atoms with Gasteiger partial charge in [-0.2, -0.15) is 5.26 Å². The minimum absolute atomic E-state index is 0.155. The minimum atomic E-state index is -0.916. The van der Waals surface area contributed by atoms with Crippen molar-refractivity contribution in [3.63, 3.8) is 0 Å². The number of nitrogens with zero attached hydrogens (tertiary/aromatic N) is 1. The Labute approximate surface area is 146 Å². The predicted molar refractivity (Wildman–Crippen MR) is 87.8 cm³/mol. The van der Waals surface area contributed by atoms with E-state index in [0.717, 1.165) is 19.3 Å². The molecule has 0 saturated heterocycles. The largest absolute Gasteiger partial charge is 0.455 e. The van der Waals surface area contributed by atoms with Crippen molar-refractivity contribution in [3.8, 4) is 6.07 Å². The third-order valence-electron chi connectivity index (χ3n) is 5.33. The summed E-state index contributed by atoms with van der Waals surface area (Å²) in [5.74, 6) is -1.24. The lowest BCUT2D eigenvalue weighted by Crippen LogP contribution is -2.49. The first-order valence-corrected chi connectivity index (χ1v) is 8.55. The van der Waals surface area contributed by atoms with Gasteiger partial charge in [0.25, 0.3) is 5.91 Å². The third-order valence-corrected chi connectivity index (χ3v) is 5.33. The molecule has 5 nitrogen and oxygen atoms in total. The normalized spacial score (nSPS) is 20.5. The van der Waals surface area contributed by atoms with Gasteiger partial charge in [0.1, 0.15) is 11.4 Å². The summed E-state index contributed by atoms with van der Waals surface area (Å²) in [6.07, 6.45) is 3.83. The summed E-state index contributed by atoms with van der Waals surface area (Å²) in [5.41, 5.74) is -1.19. The summed E-state index contributed by atoms with van der Waals surface area (Å²) in [6.45, 7) is 1.25. The fraction of sp³-hybridized carbons (Fsp3) is 0.526. The van der Waals surface area contributed by atoms with Crippen molar-refractivity contribution in [2.45, 2.75) is 50.0 Å². The molecule has 1 aromatic rings. The molecular formula is C19H21FN2O3. The SMILES string of the molecule is C[C@](C#N)(NC(=O)COC(=O)C1(c2cccc(F)c2)CCC1)C1CC1. The van der Waals surface area contributed by atoms with Gasteiger partial charge in [0, 0.05) is 0 Å². The zero-order valence-electron chi connectivity index (χ0n) is 14.2. The first-order valence-electron chi connectivity index (χ1n) is 8.55. The smallest absolute Gasteiger partial charge is 0.317 e. The second-order valence-corrected chi connectivity index (χ2v) is 7.16. The lowest BCUT2D eigenvalue weighted by Gasteiger charge is -2.39. The highest BCUT2D eigenvalue weighted by molar-refractivity contribution is 5.87.